The van der Waals surface area contributed by atoms with Crippen molar-refractivity contribution in [1.29, 1.82) is 0 Å². The van der Waals surface area contributed by atoms with Gasteiger partial charge in [0.05, 0.1) is 0 Å². The molecule has 6 aromatic carbocycles. The highest BCUT2D eigenvalue weighted by atomic mass is 33.1. The van der Waals surface area contributed by atoms with E-state index in [1.165, 1.54) is 77.9 Å². The van der Waals surface area contributed by atoms with E-state index in [1.807, 2.05) is 21.6 Å². The fourth-order valence-electron chi connectivity index (χ4n) is 6.29. The van der Waals surface area contributed by atoms with E-state index in [4.69, 9.17) is 0 Å². The molecular formula is C46H46S2. The van der Waals surface area contributed by atoms with Crippen LogP contribution in [0.15, 0.2) is 133 Å². The molecule has 0 heterocycles. The Labute approximate surface area is 296 Å². The molecule has 0 unspecified atom stereocenters. The van der Waals surface area contributed by atoms with Crippen LogP contribution in [0.4, 0.5) is 0 Å². The Morgan fingerprint density at radius 2 is 0.625 bits per heavy atom. The zero-order valence-electron chi connectivity index (χ0n) is 29.1. The third-order valence-corrected chi connectivity index (χ3v) is 12.8. The standard InChI is InChI=1S/C46H46S2/c1-7-45(39-25-27-41(35-17-9-31(3)10-18-35)43(29-39)37-21-13-33(5)14-22-37)47-48-46(8-2)40-26-28-42(36-19-11-32(4)12-20-36)44(30-40)38-23-15-34(6)16-24-38/h9-30,45-46H,7-8H2,1-6H3/t45-,46-/m1/s1. The molecule has 0 amide bonds. The molecule has 242 valence electrons. The van der Waals surface area contributed by atoms with Gasteiger partial charge in [-0.05, 0) is 108 Å². The summed E-state index contributed by atoms with van der Waals surface area (Å²) in [5.41, 5.74) is 18.2. The average Bonchev–Trinajstić information content (AvgIpc) is 3.11. The Balaban J connectivity index is 1.30. The summed E-state index contributed by atoms with van der Waals surface area (Å²) < 4.78 is 0. The van der Waals surface area contributed by atoms with Gasteiger partial charge < -0.3 is 0 Å². The van der Waals surface area contributed by atoms with Gasteiger partial charge in [0.2, 0.25) is 0 Å². The summed E-state index contributed by atoms with van der Waals surface area (Å²) in [5.74, 6) is 0. The number of rotatable bonds is 11. The topological polar surface area (TPSA) is 0 Å². The minimum atomic E-state index is 0.392. The lowest BCUT2D eigenvalue weighted by Gasteiger charge is -2.22. The van der Waals surface area contributed by atoms with Crippen LogP contribution < -0.4 is 0 Å². The molecule has 0 fully saturated rings. The zero-order valence-corrected chi connectivity index (χ0v) is 30.7. The van der Waals surface area contributed by atoms with Crippen LogP contribution in [-0.4, -0.2) is 0 Å². The van der Waals surface area contributed by atoms with Crippen LogP contribution in [0.2, 0.25) is 0 Å². The lowest BCUT2D eigenvalue weighted by molar-refractivity contribution is 0.894. The van der Waals surface area contributed by atoms with Crippen molar-refractivity contribution in [3.63, 3.8) is 0 Å². The molecule has 0 radical (unpaired) electrons. The third-order valence-electron chi connectivity index (χ3n) is 9.31. The number of hydrogen-bond donors (Lipinski definition) is 0. The second-order valence-corrected chi connectivity index (χ2v) is 15.7. The van der Waals surface area contributed by atoms with Gasteiger partial charge in [-0.15, -0.1) is 0 Å². The molecule has 6 aromatic rings. The van der Waals surface area contributed by atoms with Crippen molar-refractivity contribution in [3.8, 4) is 44.5 Å². The van der Waals surface area contributed by atoms with Gasteiger partial charge in [-0.25, -0.2) is 0 Å². The first kappa shape index (κ1) is 33.9. The summed E-state index contributed by atoms with van der Waals surface area (Å²) >= 11 is 0. The third kappa shape index (κ3) is 7.83. The van der Waals surface area contributed by atoms with Gasteiger partial charge in [0.1, 0.15) is 0 Å². The number of benzene rings is 6. The van der Waals surface area contributed by atoms with Gasteiger partial charge in [-0.2, -0.15) is 0 Å². The fourth-order valence-corrected chi connectivity index (χ4v) is 9.63. The highest BCUT2D eigenvalue weighted by Crippen LogP contribution is 2.50. The molecule has 0 N–H and O–H groups in total. The first-order valence-electron chi connectivity index (χ1n) is 17.2. The van der Waals surface area contributed by atoms with E-state index in [0.29, 0.717) is 10.5 Å². The summed E-state index contributed by atoms with van der Waals surface area (Å²) in [4.78, 5) is 0. The lowest BCUT2D eigenvalue weighted by atomic mass is 9.91. The lowest BCUT2D eigenvalue weighted by Crippen LogP contribution is -1.97. The van der Waals surface area contributed by atoms with Crippen LogP contribution in [0.3, 0.4) is 0 Å². The first-order chi connectivity index (χ1) is 23.3. The van der Waals surface area contributed by atoms with E-state index < -0.39 is 0 Å². The highest BCUT2D eigenvalue weighted by molar-refractivity contribution is 8.76. The van der Waals surface area contributed by atoms with Crippen molar-refractivity contribution in [2.45, 2.75) is 64.9 Å². The minimum Gasteiger partial charge on any atom is -0.0853 e. The predicted molar refractivity (Wildman–Crippen MR) is 215 cm³/mol. The van der Waals surface area contributed by atoms with Crippen LogP contribution in [0, 0.1) is 27.7 Å². The van der Waals surface area contributed by atoms with Crippen molar-refractivity contribution in [2.24, 2.45) is 0 Å². The van der Waals surface area contributed by atoms with Crippen molar-refractivity contribution in [3.05, 3.63) is 167 Å². The smallest absolute Gasteiger partial charge is 0.0398 e. The monoisotopic (exact) mass is 662 g/mol. The summed E-state index contributed by atoms with van der Waals surface area (Å²) in [5, 5.41) is 0.785. The van der Waals surface area contributed by atoms with Gasteiger partial charge in [0, 0.05) is 10.5 Å². The first-order valence-corrected chi connectivity index (χ1v) is 19.5. The van der Waals surface area contributed by atoms with E-state index in [1.54, 1.807) is 0 Å². The average molecular weight is 663 g/mol. The molecular weight excluding hydrogens is 617 g/mol. The van der Waals surface area contributed by atoms with E-state index >= 15 is 0 Å². The van der Waals surface area contributed by atoms with E-state index in [0.717, 1.165) is 12.8 Å². The second-order valence-electron chi connectivity index (χ2n) is 13.1. The highest BCUT2D eigenvalue weighted by Gasteiger charge is 2.20. The van der Waals surface area contributed by atoms with Gasteiger partial charge in [0.25, 0.3) is 0 Å². The molecule has 6 rings (SSSR count). The summed E-state index contributed by atoms with van der Waals surface area (Å²) in [6.07, 6.45) is 2.15. The molecule has 0 aliphatic heterocycles. The Bertz CT molecular complexity index is 1800. The fraction of sp³-hybridized carbons (Fsp3) is 0.217. The summed E-state index contributed by atoms with van der Waals surface area (Å²) in [6.45, 7) is 13.3. The molecule has 0 nitrogen and oxygen atoms in total. The molecule has 0 aliphatic carbocycles. The Kier molecular flexibility index (Phi) is 10.9. The van der Waals surface area contributed by atoms with E-state index in [9.17, 15) is 0 Å². The summed E-state index contributed by atoms with van der Waals surface area (Å²) in [7, 11) is 4.07. The van der Waals surface area contributed by atoms with Gasteiger partial charge >= 0.3 is 0 Å². The van der Waals surface area contributed by atoms with Crippen molar-refractivity contribution < 1.29 is 0 Å². The van der Waals surface area contributed by atoms with Crippen LogP contribution in [-0.2, 0) is 0 Å². The van der Waals surface area contributed by atoms with Crippen LogP contribution >= 0.6 is 21.6 Å². The Morgan fingerprint density at radius 1 is 0.354 bits per heavy atom. The molecule has 0 spiro atoms. The quantitative estimate of drug-likeness (QED) is 0.127. The maximum Gasteiger partial charge on any atom is 0.0398 e. The van der Waals surface area contributed by atoms with Gasteiger partial charge in [-0.1, -0.05) is 179 Å². The molecule has 0 aromatic heterocycles. The van der Waals surface area contributed by atoms with Crippen molar-refractivity contribution in [2.75, 3.05) is 0 Å². The number of aryl methyl sites for hydroxylation is 4. The zero-order chi connectivity index (χ0) is 33.6. The minimum absolute atomic E-state index is 0.392. The molecule has 0 saturated heterocycles. The number of hydrogen-bond acceptors (Lipinski definition) is 2. The summed E-state index contributed by atoms with van der Waals surface area (Å²) in [6, 6.07) is 50.2. The van der Waals surface area contributed by atoms with E-state index in [2.05, 4.69) is 175 Å². The molecule has 0 aliphatic rings. The molecule has 48 heavy (non-hydrogen) atoms. The van der Waals surface area contributed by atoms with Crippen molar-refractivity contribution >= 4 is 21.6 Å². The maximum atomic E-state index is 2.45. The second kappa shape index (κ2) is 15.5. The van der Waals surface area contributed by atoms with Gasteiger partial charge in [-0.3, -0.25) is 0 Å². The molecule has 2 atom stereocenters. The van der Waals surface area contributed by atoms with E-state index in [-0.39, 0.29) is 0 Å². The SMILES string of the molecule is CC[C@@H](SS[C@H](CC)c1ccc(-c2ccc(C)cc2)c(-c2ccc(C)cc2)c1)c1ccc(-c2ccc(C)cc2)c(-c2ccc(C)cc2)c1. The van der Waals surface area contributed by atoms with Crippen LogP contribution in [0.25, 0.3) is 44.5 Å². The molecule has 2 heteroatoms. The van der Waals surface area contributed by atoms with Crippen LogP contribution in [0.5, 0.6) is 0 Å². The predicted octanol–water partition coefficient (Wildman–Crippen LogP) is 14.6. The maximum absolute atomic E-state index is 2.45. The molecule has 0 saturated carbocycles. The molecule has 0 bridgehead atoms. The van der Waals surface area contributed by atoms with Crippen molar-refractivity contribution in [1.82, 2.24) is 0 Å². The normalized spacial score (nSPS) is 12.5. The van der Waals surface area contributed by atoms with Gasteiger partial charge in [0.15, 0.2) is 0 Å². The largest absolute Gasteiger partial charge is 0.0853 e. The van der Waals surface area contributed by atoms with Crippen LogP contribution in [0.1, 0.15) is 70.6 Å². The Hall–Kier alpha value is -3.98. The Morgan fingerprint density at radius 3 is 0.896 bits per heavy atom.